The lowest BCUT2D eigenvalue weighted by atomic mass is 10.1. The van der Waals surface area contributed by atoms with E-state index in [0.717, 1.165) is 25.1 Å². The summed E-state index contributed by atoms with van der Waals surface area (Å²) >= 11 is 6.07. The van der Waals surface area contributed by atoms with Gasteiger partial charge in [0.1, 0.15) is 6.61 Å². The van der Waals surface area contributed by atoms with Gasteiger partial charge in [0.25, 0.3) is 0 Å². The third-order valence-electron chi connectivity index (χ3n) is 4.44. The van der Waals surface area contributed by atoms with Gasteiger partial charge in [0.05, 0.1) is 6.61 Å². The van der Waals surface area contributed by atoms with Crippen molar-refractivity contribution in [3.8, 4) is 0 Å². The van der Waals surface area contributed by atoms with E-state index in [2.05, 4.69) is 34.5 Å². The molecule has 1 N–H and O–H groups in total. The number of nitrogens with zero attached hydrogens (tertiary/aromatic N) is 1. The molecule has 2 aromatic rings. The number of ether oxygens (including phenoxy) is 1. The predicted molar refractivity (Wildman–Crippen MR) is 101 cm³/mol. The first-order valence-corrected chi connectivity index (χ1v) is 8.98. The minimum Gasteiger partial charge on any atom is -0.371 e. The summed E-state index contributed by atoms with van der Waals surface area (Å²) in [7, 11) is 0. The molecule has 1 saturated heterocycles. The maximum absolute atomic E-state index is 11.9. The molecule has 1 fully saturated rings. The van der Waals surface area contributed by atoms with Gasteiger partial charge in [0, 0.05) is 30.3 Å². The van der Waals surface area contributed by atoms with E-state index in [-0.39, 0.29) is 12.5 Å². The highest BCUT2D eigenvalue weighted by Crippen LogP contribution is 2.22. The minimum atomic E-state index is -0.0785. The van der Waals surface area contributed by atoms with E-state index >= 15 is 0 Å². The molecule has 5 heteroatoms. The van der Waals surface area contributed by atoms with E-state index in [9.17, 15) is 4.79 Å². The fourth-order valence-corrected chi connectivity index (χ4v) is 3.24. The van der Waals surface area contributed by atoms with Crippen LogP contribution in [0.15, 0.2) is 54.6 Å². The molecule has 4 nitrogen and oxygen atoms in total. The molecular weight excluding hydrogens is 336 g/mol. The first kappa shape index (κ1) is 17.8. The Labute approximate surface area is 153 Å². The number of hydrogen-bond donors (Lipinski definition) is 1. The first-order chi connectivity index (χ1) is 12.2. The molecule has 1 aliphatic rings. The Morgan fingerprint density at radius 2 is 1.92 bits per heavy atom. The SMILES string of the molecule is O=C(COCc1ccccc1Cl)NCC1CCN(c2ccccc2)C1. The van der Waals surface area contributed by atoms with Gasteiger partial charge in [0.2, 0.25) is 5.91 Å². The lowest BCUT2D eigenvalue weighted by Crippen LogP contribution is -2.33. The van der Waals surface area contributed by atoms with Gasteiger partial charge in [-0.15, -0.1) is 0 Å². The number of benzene rings is 2. The van der Waals surface area contributed by atoms with Crippen LogP contribution in [0.3, 0.4) is 0 Å². The second-order valence-electron chi connectivity index (χ2n) is 6.32. The summed E-state index contributed by atoms with van der Waals surface area (Å²) < 4.78 is 5.46. The average Bonchev–Trinajstić information content (AvgIpc) is 3.11. The number of amides is 1. The van der Waals surface area contributed by atoms with Crippen molar-refractivity contribution >= 4 is 23.2 Å². The van der Waals surface area contributed by atoms with Crippen molar-refractivity contribution < 1.29 is 9.53 Å². The van der Waals surface area contributed by atoms with Crippen molar-refractivity contribution in [1.82, 2.24) is 5.32 Å². The zero-order chi connectivity index (χ0) is 17.5. The fourth-order valence-electron chi connectivity index (χ4n) is 3.05. The Balaban J connectivity index is 1.35. The largest absolute Gasteiger partial charge is 0.371 e. The number of para-hydroxylation sites is 1. The smallest absolute Gasteiger partial charge is 0.246 e. The van der Waals surface area contributed by atoms with Crippen molar-refractivity contribution in [2.75, 3.05) is 31.1 Å². The Bertz CT molecular complexity index is 693. The topological polar surface area (TPSA) is 41.6 Å². The third-order valence-corrected chi connectivity index (χ3v) is 4.81. The van der Waals surface area contributed by atoms with Gasteiger partial charge in [-0.2, -0.15) is 0 Å². The van der Waals surface area contributed by atoms with Gasteiger partial charge in [-0.05, 0) is 36.1 Å². The monoisotopic (exact) mass is 358 g/mol. The van der Waals surface area contributed by atoms with E-state index in [4.69, 9.17) is 16.3 Å². The third kappa shape index (κ3) is 5.21. The highest BCUT2D eigenvalue weighted by Gasteiger charge is 2.22. The molecule has 0 bridgehead atoms. The van der Waals surface area contributed by atoms with Crippen LogP contribution in [0.4, 0.5) is 5.69 Å². The van der Waals surface area contributed by atoms with Gasteiger partial charge in [-0.1, -0.05) is 48.0 Å². The summed E-state index contributed by atoms with van der Waals surface area (Å²) in [4.78, 5) is 14.3. The van der Waals surface area contributed by atoms with Crippen LogP contribution in [-0.2, 0) is 16.1 Å². The number of hydrogen-bond acceptors (Lipinski definition) is 3. The van der Waals surface area contributed by atoms with Crippen molar-refractivity contribution in [2.24, 2.45) is 5.92 Å². The van der Waals surface area contributed by atoms with Crippen molar-refractivity contribution in [3.05, 3.63) is 65.2 Å². The summed E-state index contributed by atoms with van der Waals surface area (Å²) in [5.74, 6) is 0.401. The van der Waals surface area contributed by atoms with Crippen LogP contribution in [0.2, 0.25) is 5.02 Å². The zero-order valence-electron chi connectivity index (χ0n) is 14.2. The van der Waals surface area contributed by atoms with Crippen LogP contribution in [0.25, 0.3) is 0 Å². The van der Waals surface area contributed by atoms with E-state index in [0.29, 0.717) is 24.1 Å². The second kappa shape index (κ2) is 8.88. The quantitative estimate of drug-likeness (QED) is 0.823. The Morgan fingerprint density at radius 3 is 2.72 bits per heavy atom. The fraction of sp³-hybridized carbons (Fsp3) is 0.350. The molecule has 0 aliphatic carbocycles. The van der Waals surface area contributed by atoms with Crippen molar-refractivity contribution in [3.63, 3.8) is 0 Å². The molecule has 0 aromatic heterocycles. The first-order valence-electron chi connectivity index (χ1n) is 8.60. The summed E-state index contributed by atoms with van der Waals surface area (Å²) in [6.45, 7) is 3.11. The molecule has 2 aromatic carbocycles. The molecule has 1 atom stereocenters. The molecule has 0 radical (unpaired) electrons. The second-order valence-corrected chi connectivity index (χ2v) is 6.73. The molecule has 1 unspecified atom stereocenters. The number of nitrogens with one attached hydrogen (secondary N) is 1. The minimum absolute atomic E-state index is 0.0559. The van der Waals surface area contributed by atoms with Crippen LogP contribution < -0.4 is 10.2 Å². The van der Waals surface area contributed by atoms with Gasteiger partial charge in [-0.3, -0.25) is 4.79 Å². The highest BCUT2D eigenvalue weighted by molar-refractivity contribution is 6.31. The summed E-state index contributed by atoms with van der Waals surface area (Å²) in [5.41, 5.74) is 2.14. The van der Waals surface area contributed by atoms with Gasteiger partial charge >= 0.3 is 0 Å². The van der Waals surface area contributed by atoms with Gasteiger partial charge < -0.3 is 15.0 Å². The number of carbonyl (C=O) groups excluding carboxylic acids is 1. The zero-order valence-corrected chi connectivity index (χ0v) is 14.9. The van der Waals surface area contributed by atoms with Gasteiger partial charge in [0.15, 0.2) is 0 Å². The van der Waals surface area contributed by atoms with Crippen LogP contribution in [0, 0.1) is 5.92 Å². The van der Waals surface area contributed by atoms with Crippen LogP contribution >= 0.6 is 11.6 Å². The Hall–Kier alpha value is -2.04. The standard InChI is InChI=1S/C20H23ClN2O2/c21-19-9-5-4-6-17(19)14-25-15-20(24)22-12-16-10-11-23(13-16)18-7-2-1-3-8-18/h1-9,16H,10-15H2,(H,22,24). The maximum Gasteiger partial charge on any atom is 0.246 e. The predicted octanol–water partition coefficient (Wildman–Crippen LogP) is 3.50. The van der Waals surface area contributed by atoms with E-state index in [1.807, 2.05) is 30.3 Å². The lowest BCUT2D eigenvalue weighted by molar-refractivity contribution is -0.126. The molecular formula is C20H23ClN2O2. The molecule has 0 saturated carbocycles. The van der Waals surface area contributed by atoms with E-state index in [1.54, 1.807) is 0 Å². The average molecular weight is 359 g/mol. The number of carbonyl (C=O) groups is 1. The van der Waals surface area contributed by atoms with Crippen LogP contribution in [0.1, 0.15) is 12.0 Å². The molecule has 25 heavy (non-hydrogen) atoms. The number of anilines is 1. The maximum atomic E-state index is 11.9. The Morgan fingerprint density at radius 1 is 1.16 bits per heavy atom. The van der Waals surface area contributed by atoms with Crippen LogP contribution in [0.5, 0.6) is 0 Å². The molecule has 132 valence electrons. The van der Waals surface area contributed by atoms with Crippen LogP contribution in [-0.4, -0.2) is 32.1 Å². The highest BCUT2D eigenvalue weighted by atomic mass is 35.5. The Kier molecular flexibility index (Phi) is 6.31. The molecule has 3 rings (SSSR count). The summed E-state index contributed by atoms with van der Waals surface area (Å²) in [5, 5.41) is 3.64. The van der Waals surface area contributed by atoms with E-state index < -0.39 is 0 Å². The van der Waals surface area contributed by atoms with Gasteiger partial charge in [-0.25, -0.2) is 0 Å². The molecule has 0 spiro atoms. The van der Waals surface area contributed by atoms with E-state index in [1.165, 1.54) is 5.69 Å². The molecule has 1 amide bonds. The lowest BCUT2D eigenvalue weighted by Gasteiger charge is -2.18. The number of halogens is 1. The molecule has 1 aliphatic heterocycles. The van der Waals surface area contributed by atoms with Crippen molar-refractivity contribution in [2.45, 2.75) is 13.0 Å². The number of rotatable bonds is 7. The normalized spacial score (nSPS) is 16.8. The molecule has 1 heterocycles. The summed E-state index contributed by atoms with van der Waals surface area (Å²) in [6.07, 6.45) is 1.09. The summed E-state index contributed by atoms with van der Waals surface area (Å²) in [6, 6.07) is 17.9. The van der Waals surface area contributed by atoms with Crippen molar-refractivity contribution in [1.29, 1.82) is 0 Å².